The first kappa shape index (κ1) is 16.9. The Balaban J connectivity index is 1.82. The molecule has 0 radical (unpaired) electrons. The third-order valence-corrected chi connectivity index (χ3v) is 5.77. The molecule has 1 N–H and O–H groups in total. The first-order chi connectivity index (χ1) is 10.3. The second kappa shape index (κ2) is 7.22. The van der Waals surface area contributed by atoms with Crippen LogP contribution in [0.1, 0.15) is 37.7 Å². The lowest BCUT2D eigenvalue weighted by Crippen LogP contribution is -2.41. The average molecular weight is 327 g/mol. The van der Waals surface area contributed by atoms with Crippen molar-refractivity contribution in [3.05, 3.63) is 35.6 Å². The summed E-state index contributed by atoms with van der Waals surface area (Å²) in [4.78, 5) is 12.0. The van der Waals surface area contributed by atoms with Crippen molar-refractivity contribution in [2.45, 2.75) is 49.8 Å². The number of benzene rings is 1. The van der Waals surface area contributed by atoms with E-state index in [4.69, 9.17) is 0 Å². The van der Waals surface area contributed by atoms with Crippen molar-refractivity contribution in [3.63, 3.8) is 0 Å². The molecule has 1 aromatic carbocycles. The zero-order chi connectivity index (χ0) is 16.2. The molecule has 0 aliphatic heterocycles. The van der Waals surface area contributed by atoms with Crippen molar-refractivity contribution >= 4 is 15.7 Å². The third kappa shape index (κ3) is 5.09. The lowest BCUT2D eigenvalue weighted by atomic mass is 9.94. The highest BCUT2D eigenvalue weighted by molar-refractivity contribution is 7.91. The van der Waals surface area contributed by atoms with E-state index >= 15 is 0 Å². The number of nitrogens with one attached hydrogen (secondary N) is 1. The van der Waals surface area contributed by atoms with Crippen LogP contribution in [0.4, 0.5) is 4.39 Å². The summed E-state index contributed by atoms with van der Waals surface area (Å²) in [6.45, 7) is 0. The molecule has 6 heteroatoms. The van der Waals surface area contributed by atoms with Crippen LogP contribution in [0, 0.1) is 5.82 Å². The summed E-state index contributed by atoms with van der Waals surface area (Å²) in [5, 5.41) is 2.56. The van der Waals surface area contributed by atoms with Crippen molar-refractivity contribution in [2.24, 2.45) is 0 Å². The van der Waals surface area contributed by atoms with Crippen LogP contribution in [-0.4, -0.2) is 31.9 Å². The van der Waals surface area contributed by atoms with E-state index in [0.29, 0.717) is 19.3 Å². The summed E-state index contributed by atoms with van der Waals surface area (Å²) in [6, 6.07) is 6.13. The van der Waals surface area contributed by atoms with Gasteiger partial charge in [0, 0.05) is 18.7 Å². The Morgan fingerprint density at radius 2 is 2.14 bits per heavy atom. The number of carbonyl (C=O) groups is 1. The molecule has 4 nitrogen and oxygen atoms in total. The SMILES string of the molecule is CS(=O)(=O)C1CCCC(NC(=O)CCc2cccc(F)c2)C1. The van der Waals surface area contributed by atoms with Gasteiger partial charge in [0.1, 0.15) is 15.7 Å². The molecule has 0 bridgehead atoms. The maximum absolute atomic E-state index is 13.1. The van der Waals surface area contributed by atoms with Crippen LogP contribution in [-0.2, 0) is 21.1 Å². The van der Waals surface area contributed by atoms with Gasteiger partial charge in [-0.05, 0) is 43.4 Å². The molecule has 0 heterocycles. The smallest absolute Gasteiger partial charge is 0.220 e. The molecule has 1 fully saturated rings. The Hall–Kier alpha value is -1.43. The number of halogens is 1. The molecule has 2 rings (SSSR count). The molecule has 0 spiro atoms. The second-order valence-electron chi connectivity index (χ2n) is 6.01. The zero-order valence-corrected chi connectivity index (χ0v) is 13.5. The van der Waals surface area contributed by atoms with E-state index < -0.39 is 9.84 Å². The fourth-order valence-electron chi connectivity index (χ4n) is 2.92. The first-order valence-electron chi connectivity index (χ1n) is 7.57. The number of hydrogen-bond acceptors (Lipinski definition) is 3. The van der Waals surface area contributed by atoms with Crippen LogP contribution < -0.4 is 5.32 Å². The van der Waals surface area contributed by atoms with Crippen molar-refractivity contribution in [2.75, 3.05) is 6.26 Å². The van der Waals surface area contributed by atoms with Crippen molar-refractivity contribution < 1.29 is 17.6 Å². The van der Waals surface area contributed by atoms with Crippen molar-refractivity contribution in [1.29, 1.82) is 0 Å². The van der Waals surface area contributed by atoms with Crippen LogP contribution in [0.5, 0.6) is 0 Å². The maximum Gasteiger partial charge on any atom is 0.220 e. The molecular formula is C16H22FNO3S. The van der Waals surface area contributed by atoms with Crippen molar-refractivity contribution in [1.82, 2.24) is 5.32 Å². The van der Waals surface area contributed by atoms with E-state index in [0.717, 1.165) is 18.4 Å². The van der Waals surface area contributed by atoms with Crippen LogP contribution >= 0.6 is 0 Å². The zero-order valence-electron chi connectivity index (χ0n) is 12.7. The summed E-state index contributed by atoms with van der Waals surface area (Å²) in [5.74, 6) is -0.412. The topological polar surface area (TPSA) is 63.2 Å². The van der Waals surface area contributed by atoms with Crippen LogP contribution in [0.25, 0.3) is 0 Å². The number of carbonyl (C=O) groups excluding carboxylic acids is 1. The molecule has 1 amide bonds. The van der Waals surface area contributed by atoms with Gasteiger partial charge < -0.3 is 5.32 Å². The van der Waals surface area contributed by atoms with Gasteiger partial charge in [0.15, 0.2) is 0 Å². The van der Waals surface area contributed by atoms with Gasteiger partial charge in [-0.3, -0.25) is 4.79 Å². The van der Waals surface area contributed by atoms with E-state index in [1.54, 1.807) is 12.1 Å². The lowest BCUT2D eigenvalue weighted by Gasteiger charge is -2.28. The van der Waals surface area contributed by atoms with Gasteiger partial charge in [-0.2, -0.15) is 0 Å². The molecule has 1 aliphatic carbocycles. The van der Waals surface area contributed by atoms with E-state index in [-0.39, 0.29) is 29.4 Å². The molecule has 1 saturated carbocycles. The normalized spacial score (nSPS) is 22.3. The second-order valence-corrected chi connectivity index (χ2v) is 8.34. The molecule has 0 aromatic heterocycles. The summed E-state index contributed by atoms with van der Waals surface area (Å²) in [5.41, 5.74) is 0.785. The largest absolute Gasteiger partial charge is 0.353 e. The van der Waals surface area contributed by atoms with E-state index in [2.05, 4.69) is 5.32 Å². The summed E-state index contributed by atoms with van der Waals surface area (Å²) >= 11 is 0. The summed E-state index contributed by atoms with van der Waals surface area (Å²) < 4.78 is 36.3. The molecular weight excluding hydrogens is 305 g/mol. The Morgan fingerprint density at radius 1 is 1.36 bits per heavy atom. The molecule has 2 unspecified atom stereocenters. The molecule has 1 aliphatic rings. The number of sulfone groups is 1. The number of hydrogen-bond donors (Lipinski definition) is 1. The predicted molar refractivity (Wildman–Crippen MR) is 83.8 cm³/mol. The maximum atomic E-state index is 13.1. The Kier molecular flexibility index (Phi) is 5.56. The fraction of sp³-hybridized carbons (Fsp3) is 0.562. The summed E-state index contributed by atoms with van der Waals surface area (Å²) in [6.07, 6.45) is 4.81. The Morgan fingerprint density at radius 3 is 2.82 bits per heavy atom. The molecule has 2 atom stereocenters. The molecule has 122 valence electrons. The first-order valence-corrected chi connectivity index (χ1v) is 9.53. The number of aryl methyl sites for hydroxylation is 1. The summed E-state index contributed by atoms with van der Waals surface area (Å²) in [7, 11) is -3.05. The number of amides is 1. The minimum atomic E-state index is -3.05. The predicted octanol–water partition coefficient (Wildman–Crippen LogP) is 2.23. The standard InChI is InChI=1S/C16H22FNO3S/c1-22(20,21)15-7-3-6-14(11-15)18-16(19)9-8-12-4-2-5-13(17)10-12/h2,4-5,10,14-15H,3,6-9,11H2,1H3,(H,18,19). The molecule has 1 aromatic rings. The Bertz CT molecular complexity index is 630. The fourth-order valence-corrected chi connectivity index (χ4v) is 4.09. The quantitative estimate of drug-likeness (QED) is 0.902. The average Bonchev–Trinajstić information content (AvgIpc) is 2.45. The lowest BCUT2D eigenvalue weighted by molar-refractivity contribution is -0.121. The van der Waals surface area contributed by atoms with E-state index in [1.807, 2.05) is 0 Å². The highest BCUT2D eigenvalue weighted by Gasteiger charge is 2.29. The highest BCUT2D eigenvalue weighted by Crippen LogP contribution is 2.24. The van der Waals surface area contributed by atoms with Crippen LogP contribution in [0.2, 0.25) is 0 Å². The minimum absolute atomic E-state index is 0.0755. The van der Waals surface area contributed by atoms with Gasteiger partial charge in [0.25, 0.3) is 0 Å². The van der Waals surface area contributed by atoms with Gasteiger partial charge in [0.05, 0.1) is 5.25 Å². The van der Waals surface area contributed by atoms with Gasteiger partial charge in [-0.1, -0.05) is 18.6 Å². The number of rotatable bonds is 5. The van der Waals surface area contributed by atoms with Crippen molar-refractivity contribution in [3.8, 4) is 0 Å². The highest BCUT2D eigenvalue weighted by atomic mass is 32.2. The van der Waals surface area contributed by atoms with E-state index in [1.165, 1.54) is 18.4 Å². The molecule has 0 saturated heterocycles. The van der Waals surface area contributed by atoms with Crippen LogP contribution in [0.3, 0.4) is 0 Å². The van der Waals surface area contributed by atoms with Gasteiger partial charge in [0.2, 0.25) is 5.91 Å². The molecule has 22 heavy (non-hydrogen) atoms. The minimum Gasteiger partial charge on any atom is -0.353 e. The van der Waals surface area contributed by atoms with E-state index in [9.17, 15) is 17.6 Å². The Labute approximate surface area is 131 Å². The van der Waals surface area contributed by atoms with Crippen LogP contribution in [0.15, 0.2) is 24.3 Å². The van der Waals surface area contributed by atoms with Gasteiger partial charge >= 0.3 is 0 Å². The monoisotopic (exact) mass is 327 g/mol. The van der Waals surface area contributed by atoms with Gasteiger partial charge in [-0.15, -0.1) is 0 Å². The van der Waals surface area contributed by atoms with Gasteiger partial charge in [-0.25, -0.2) is 12.8 Å². The third-order valence-electron chi connectivity index (χ3n) is 4.13.